The van der Waals surface area contributed by atoms with Gasteiger partial charge >= 0.3 is 18.1 Å². The van der Waals surface area contributed by atoms with Crippen molar-refractivity contribution in [1.29, 1.82) is 0 Å². The maximum absolute atomic E-state index is 14.4. The second-order valence-electron chi connectivity index (χ2n) is 17.2. The van der Waals surface area contributed by atoms with Crippen molar-refractivity contribution in [3.63, 3.8) is 0 Å². The SMILES string of the molecule is CC[C@H]1OC(=O)[C@H](C)[C@@H](OC(=O)CCNCCCc2cccnc2)[C@H](C)[C@@H](O[C@@H]2O[C@H](C)C[C@H](N(C)C)[C@H]2O)[C@](C)(OC)C[C@@H](C)/C(=N\OC)[C@H](C)[C@H]2OC(=O)O[C@@]21C. The maximum Gasteiger partial charge on any atom is 0.509 e. The molecule has 4 rings (SSSR count). The Morgan fingerprint density at radius 3 is 2.44 bits per heavy atom. The molecule has 2 N–H and O–H groups in total. The van der Waals surface area contributed by atoms with Crippen molar-refractivity contribution in [2.45, 2.75) is 154 Å². The highest BCUT2D eigenvalue weighted by molar-refractivity contribution is 5.89. The molecule has 0 radical (unpaired) electrons. The summed E-state index contributed by atoms with van der Waals surface area (Å²) < 4.78 is 43.8. The van der Waals surface area contributed by atoms with Gasteiger partial charge in [-0.15, -0.1) is 0 Å². The van der Waals surface area contributed by atoms with E-state index in [4.69, 9.17) is 38.0 Å². The molecule has 0 aliphatic carbocycles. The fraction of sp³-hybridized carbons (Fsp3) is 0.791. The molecule has 0 aromatic carbocycles. The van der Waals surface area contributed by atoms with E-state index in [-0.39, 0.29) is 37.3 Å². The number of nitrogens with zero attached hydrogens (tertiary/aromatic N) is 3. The molecule has 16 nitrogen and oxygen atoms in total. The van der Waals surface area contributed by atoms with Gasteiger partial charge in [-0.05, 0) is 92.1 Å². The Hall–Kier alpha value is -3.41. The van der Waals surface area contributed by atoms with Crippen molar-refractivity contribution in [2.24, 2.45) is 28.8 Å². The van der Waals surface area contributed by atoms with E-state index in [1.807, 2.05) is 78.9 Å². The molecule has 59 heavy (non-hydrogen) atoms. The Bertz CT molecular complexity index is 1550. The van der Waals surface area contributed by atoms with Crippen LogP contribution >= 0.6 is 0 Å². The molecule has 0 saturated carbocycles. The van der Waals surface area contributed by atoms with E-state index >= 15 is 0 Å². The Balaban J connectivity index is 1.74. The van der Waals surface area contributed by atoms with Crippen molar-refractivity contribution in [1.82, 2.24) is 15.2 Å². The molecule has 334 valence electrons. The topological polar surface area (TPSA) is 186 Å². The lowest BCUT2D eigenvalue weighted by atomic mass is 9.73. The highest BCUT2D eigenvalue weighted by Gasteiger charge is 2.59. The zero-order chi connectivity index (χ0) is 43.7. The number of aromatic nitrogens is 1. The highest BCUT2D eigenvalue weighted by Crippen LogP contribution is 2.43. The summed E-state index contributed by atoms with van der Waals surface area (Å²) in [5, 5.41) is 19.5. The highest BCUT2D eigenvalue weighted by atomic mass is 16.8. The van der Waals surface area contributed by atoms with Crippen LogP contribution in [0.4, 0.5) is 4.79 Å². The van der Waals surface area contributed by atoms with Crippen LogP contribution in [-0.2, 0) is 54.0 Å². The minimum absolute atomic E-state index is 0.0355. The van der Waals surface area contributed by atoms with Gasteiger partial charge < -0.3 is 53.3 Å². The average Bonchev–Trinajstić information content (AvgIpc) is 3.52. The molecule has 14 atom stereocenters. The number of ether oxygens (including phenoxy) is 7. The summed E-state index contributed by atoms with van der Waals surface area (Å²) in [6.07, 6.45) is -0.725. The molecule has 0 amide bonds. The Morgan fingerprint density at radius 1 is 1.08 bits per heavy atom. The minimum Gasteiger partial charge on any atom is -0.461 e. The number of carbonyl (C=O) groups is 3. The predicted molar refractivity (Wildman–Crippen MR) is 218 cm³/mol. The number of nitrogens with one attached hydrogen (secondary N) is 1. The fourth-order valence-electron chi connectivity index (χ4n) is 9.18. The molecule has 16 heteroatoms. The van der Waals surface area contributed by atoms with Gasteiger partial charge in [0.25, 0.3) is 0 Å². The maximum atomic E-state index is 14.4. The number of carbonyl (C=O) groups excluding carboxylic acids is 3. The number of fused-ring (bicyclic) bond motifs is 1. The van der Waals surface area contributed by atoms with Gasteiger partial charge in [0.05, 0.1) is 35.9 Å². The molecule has 1 aromatic rings. The summed E-state index contributed by atoms with van der Waals surface area (Å²) in [5.74, 6) is -3.90. The third-order valence-corrected chi connectivity index (χ3v) is 12.5. The third-order valence-electron chi connectivity index (χ3n) is 12.5. The minimum atomic E-state index is -1.40. The second-order valence-corrected chi connectivity index (χ2v) is 17.2. The number of aliphatic hydroxyl groups excluding tert-OH is 1. The van der Waals surface area contributed by atoms with Crippen molar-refractivity contribution < 1.29 is 57.5 Å². The third kappa shape index (κ3) is 11.7. The van der Waals surface area contributed by atoms with Gasteiger partial charge in [0, 0.05) is 49.8 Å². The summed E-state index contributed by atoms with van der Waals surface area (Å²) in [6.45, 7) is 15.7. The molecule has 0 spiro atoms. The number of oxime groups is 1. The molecule has 0 unspecified atom stereocenters. The normalized spacial score (nSPS) is 37.8. The Morgan fingerprint density at radius 2 is 1.81 bits per heavy atom. The lowest BCUT2D eigenvalue weighted by molar-refractivity contribution is -0.301. The number of likely N-dealkylation sites (N-methyl/N-ethyl adjacent to an activating group) is 1. The Kier molecular flexibility index (Phi) is 17.5. The van der Waals surface area contributed by atoms with E-state index in [0.717, 1.165) is 18.4 Å². The number of esters is 2. The van der Waals surface area contributed by atoms with E-state index in [1.165, 1.54) is 7.11 Å². The zero-order valence-corrected chi connectivity index (χ0v) is 37.2. The first-order valence-corrected chi connectivity index (χ1v) is 21.1. The molecule has 1 aromatic heterocycles. The monoisotopic (exact) mass is 834 g/mol. The fourth-order valence-corrected chi connectivity index (χ4v) is 9.18. The lowest BCUT2D eigenvalue weighted by Gasteiger charge is -2.48. The largest absolute Gasteiger partial charge is 0.509 e. The van der Waals surface area contributed by atoms with Crippen LogP contribution in [0.1, 0.15) is 93.1 Å². The number of rotatable bonds is 14. The first kappa shape index (κ1) is 48.3. The van der Waals surface area contributed by atoms with Crippen LogP contribution in [0, 0.1) is 23.7 Å². The molecule has 3 aliphatic heterocycles. The molecule has 3 saturated heterocycles. The quantitative estimate of drug-likeness (QED) is 0.114. The summed E-state index contributed by atoms with van der Waals surface area (Å²) >= 11 is 0. The van der Waals surface area contributed by atoms with E-state index < -0.39 is 83.9 Å². The van der Waals surface area contributed by atoms with Crippen LogP contribution in [0.5, 0.6) is 0 Å². The van der Waals surface area contributed by atoms with Gasteiger partial charge in [-0.2, -0.15) is 0 Å². The van der Waals surface area contributed by atoms with Gasteiger partial charge in [-0.25, -0.2) is 4.79 Å². The van der Waals surface area contributed by atoms with Gasteiger partial charge in [0.1, 0.15) is 25.4 Å². The van der Waals surface area contributed by atoms with Crippen LogP contribution in [0.25, 0.3) is 0 Å². The van der Waals surface area contributed by atoms with Crippen LogP contribution in [0.3, 0.4) is 0 Å². The smallest absolute Gasteiger partial charge is 0.461 e. The van der Waals surface area contributed by atoms with Crippen molar-refractivity contribution in [3.8, 4) is 0 Å². The molecule has 0 bridgehead atoms. The summed E-state index contributed by atoms with van der Waals surface area (Å²) in [4.78, 5) is 52.5. The second kappa shape index (κ2) is 21.4. The summed E-state index contributed by atoms with van der Waals surface area (Å²) in [7, 11) is 6.79. The van der Waals surface area contributed by atoms with E-state index in [0.29, 0.717) is 25.2 Å². The number of hydrogen-bond acceptors (Lipinski definition) is 16. The van der Waals surface area contributed by atoms with E-state index in [2.05, 4.69) is 15.5 Å². The standard InChI is InChI=1S/C43H70N4O12/c1-13-32-43(8)38(58-41(51)59-43)27(4)34(46-53-12)25(2)23-42(7,52-11)37(57-40-35(49)31(47(9)10)22-26(3)54-40)28(5)36(29(6)39(50)55-32)56-33(48)18-21-44-19-14-16-30-17-15-20-45-24-30/h15,17,20,24-29,31-32,35-38,40,44,49H,13-14,16,18-19,21-23H2,1-12H3/b46-34+/t25-,26-,27+,28+,29-,31+,32-,35-,36+,37-,38-,40+,42-,43-/m1/s1. The van der Waals surface area contributed by atoms with E-state index in [1.54, 1.807) is 27.2 Å². The summed E-state index contributed by atoms with van der Waals surface area (Å²) in [5.41, 5.74) is -0.898. The first-order chi connectivity index (χ1) is 27.9. The van der Waals surface area contributed by atoms with Crippen molar-refractivity contribution >= 4 is 23.8 Å². The molecule has 3 aliphatic rings. The number of aliphatic hydroxyl groups is 1. The molecular weight excluding hydrogens is 764 g/mol. The molecule has 3 fully saturated rings. The first-order valence-electron chi connectivity index (χ1n) is 21.1. The van der Waals surface area contributed by atoms with Gasteiger partial charge in [0.15, 0.2) is 18.0 Å². The number of hydrogen-bond donors (Lipinski definition) is 2. The number of cyclic esters (lactones) is 1. The van der Waals surface area contributed by atoms with Crippen molar-refractivity contribution in [2.75, 3.05) is 41.4 Å². The van der Waals surface area contributed by atoms with Crippen LogP contribution in [0.15, 0.2) is 29.7 Å². The predicted octanol–water partition coefficient (Wildman–Crippen LogP) is 4.69. The molecule has 4 heterocycles. The zero-order valence-electron chi connectivity index (χ0n) is 37.2. The molecular formula is C43H70N4O12. The van der Waals surface area contributed by atoms with Gasteiger partial charge in [-0.1, -0.05) is 38.9 Å². The Labute approximate surface area is 350 Å². The average molecular weight is 835 g/mol. The van der Waals surface area contributed by atoms with Crippen molar-refractivity contribution in [3.05, 3.63) is 30.1 Å². The van der Waals surface area contributed by atoms with Crippen LogP contribution in [0.2, 0.25) is 0 Å². The summed E-state index contributed by atoms with van der Waals surface area (Å²) in [6, 6.07) is 3.66. The lowest BCUT2D eigenvalue weighted by Crippen LogP contribution is -2.60. The number of pyridine rings is 1. The van der Waals surface area contributed by atoms with Gasteiger partial charge in [0.2, 0.25) is 0 Å². The van der Waals surface area contributed by atoms with Crippen LogP contribution < -0.4 is 5.32 Å². The van der Waals surface area contributed by atoms with Crippen LogP contribution in [-0.4, -0.2) is 140 Å². The van der Waals surface area contributed by atoms with E-state index in [9.17, 15) is 19.5 Å². The number of methoxy groups -OCH3 is 1. The van der Waals surface area contributed by atoms with Gasteiger partial charge in [-0.3, -0.25) is 14.6 Å². The number of aryl methyl sites for hydroxylation is 1.